The van der Waals surface area contributed by atoms with Gasteiger partial charge in [0.05, 0.1) is 36.6 Å². The zero-order chi connectivity index (χ0) is 46.3. The number of hydrogen-bond acceptors (Lipinski definition) is 14. The molecule has 2 aromatic rings. The Bertz CT molecular complexity index is 1520. The summed E-state index contributed by atoms with van der Waals surface area (Å²) in [4.78, 5) is 85.9. The van der Waals surface area contributed by atoms with Gasteiger partial charge in [-0.3, -0.25) is 38.4 Å². The van der Waals surface area contributed by atoms with Crippen LogP contribution in [0.25, 0.3) is 10.9 Å². The Balaban J connectivity index is -0.000000310. The molecule has 1 heterocycles. The fraction of sp³-hybridized carbons (Fsp3) is 0.579. The van der Waals surface area contributed by atoms with E-state index in [-0.39, 0.29) is 60.0 Å². The number of primary amides is 3. The maximum absolute atomic E-state index is 10.8. The summed E-state index contributed by atoms with van der Waals surface area (Å²) in [7, 11) is 0. The van der Waals surface area contributed by atoms with Gasteiger partial charge in [-0.2, -0.15) is 11.8 Å². The number of fused-ring (bicyclic) bond motifs is 1. The van der Waals surface area contributed by atoms with Crippen molar-refractivity contribution in [1.29, 1.82) is 0 Å². The highest BCUT2D eigenvalue weighted by Gasteiger charge is 2.14. The molecule has 6 atom stereocenters. The number of carbonyl (C=O) groups excluding carboxylic acids is 7. The van der Waals surface area contributed by atoms with Gasteiger partial charge in [0, 0.05) is 36.9 Å². The van der Waals surface area contributed by atoms with Gasteiger partial charge in [0.2, 0.25) is 17.7 Å². The third-order valence-corrected chi connectivity index (χ3v) is 8.47. The number of aliphatic carboxylic acids is 1. The first-order valence-corrected chi connectivity index (χ1v) is 19.8. The maximum Gasteiger partial charge on any atom is 0.303 e. The molecule has 0 radical (unpaired) electrons. The van der Waals surface area contributed by atoms with Gasteiger partial charge < -0.3 is 61.7 Å². The van der Waals surface area contributed by atoms with Gasteiger partial charge in [-0.05, 0) is 76.5 Å². The molecule has 58 heavy (non-hydrogen) atoms. The molecule has 0 spiro atoms. The van der Waals surface area contributed by atoms with Crippen LogP contribution in [-0.2, 0) is 44.8 Å². The second kappa shape index (κ2) is 34.5. The number of aromatic amines is 1. The molecule has 21 N–H and O–H groups in total. The van der Waals surface area contributed by atoms with Gasteiger partial charge in [0.15, 0.2) is 5.78 Å². The van der Waals surface area contributed by atoms with Crippen LogP contribution in [0.1, 0.15) is 86.1 Å². The van der Waals surface area contributed by atoms with Crippen molar-refractivity contribution in [1.82, 2.24) is 4.98 Å². The monoisotopic (exact) mass is 844 g/mol. The smallest absolute Gasteiger partial charge is 0.303 e. The van der Waals surface area contributed by atoms with Gasteiger partial charge in [-0.1, -0.05) is 32.0 Å². The van der Waals surface area contributed by atoms with Crippen molar-refractivity contribution >= 4 is 69.5 Å². The Morgan fingerprint density at radius 3 is 1.53 bits per heavy atom. The SMILES string of the molecule is CC(=O)[C@@H](N)CCC(N)=O.CC(=O)[C@@H]([NH3+])CCC(=O)O.CC(=O)[C@H](C)N.CC(C)[C@H](N)C(N)=O.CSCCC(N)C(C)=O.NC(=O)[C@@H](N)Cc1c[nH]c2ccccc12. The third-order valence-electron chi connectivity index (χ3n) is 7.83. The summed E-state index contributed by atoms with van der Waals surface area (Å²) in [5.74, 6) is -1.12. The van der Waals surface area contributed by atoms with Crippen molar-refractivity contribution < 1.29 is 49.2 Å². The highest BCUT2D eigenvalue weighted by molar-refractivity contribution is 7.98. The summed E-state index contributed by atoms with van der Waals surface area (Å²) < 4.78 is 0. The lowest BCUT2D eigenvalue weighted by Crippen LogP contribution is -2.64. The Kier molecular flexibility index (Phi) is 35.7. The number of para-hydroxylation sites is 1. The number of nitrogens with two attached hydrogens (primary N) is 8. The zero-order valence-corrected chi connectivity index (χ0v) is 36.1. The fourth-order valence-corrected chi connectivity index (χ4v) is 3.91. The van der Waals surface area contributed by atoms with Crippen molar-refractivity contribution in [3.63, 3.8) is 0 Å². The minimum Gasteiger partial charge on any atom is -0.481 e. The zero-order valence-electron chi connectivity index (χ0n) is 35.3. The normalized spacial score (nSPS) is 13.1. The number of benzene rings is 1. The molecule has 332 valence electrons. The van der Waals surface area contributed by atoms with Crippen LogP contribution >= 0.6 is 11.8 Å². The lowest BCUT2D eigenvalue weighted by atomic mass is 10.1. The molecule has 0 aliphatic rings. The number of aromatic nitrogens is 1. The van der Waals surface area contributed by atoms with Crippen LogP contribution in [0, 0.1) is 5.92 Å². The predicted octanol–water partition coefficient (Wildman–Crippen LogP) is -1.22. The number of rotatable bonds is 18. The van der Waals surface area contributed by atoms with E-state index >= 15 is 0 Å². The molecule has 0 bridgehead atoms. The van der Waals surface area contributed by atoms with E-state index in [1.807, 2.05) is 50.6 Å². The molecular formula is C38H71N10O9S+. The Labute approximate surface area is 346 Å². The van der Waals surface area contributed by atoms with E-state index in [0.29, 0.717) is 19.3 Å². The van der Waals surface area contributed by atoms with Crippen LogP contribution in [0.3, 0.4) is 0 Å². The third kappa shape index (κ3) is 34.7. The Morgan fingerprint density at radius 1 is 0.707 bits per heavy atom. The van der Waals surface area contributed by atoms with E-state index in [4.69, 9.17) is 51.0 Å². The van der Waals surface area contributed by atoms with Crippen molar-refractivity contribution in [2.75, 3.05) is 12.0 Å². The number of carboxylic acid groups (broad SMARTS) is 1. The van der Waals surface area contributed by atoms with Crippen LogP contribution in [0.15, 0.2) is 30.5 Å². The van der Waals surface area contributed by atoms with Crippen LogP contribution < -0.4 is 51.6 Å². The maximum atomic E-state index is 10.8. The van der Waals surface area contributed by atoms with Crippen molar-refractivity contribution in [2.24, 2.45) is 51.8 Å². The minimum absolute atomic E-state index is 0.0216. The number of H-pyrrole nitrogens is 1. The highest BCUT2D eigenvalue weighted by Crippen LogP contribution is 2.18. The van der Waals surface area contributed by atoms with Crippen molar-refractivity contribution in [3.8, 4) is 0 Å². The van der Waals surface area contributed by atoms with Crippen molar-refractivity contribution in [3.05, 3.63) is 36.0 Å². The highest BCUT2D eigenvalue weighted by atomic mass is 32.2. The molecule has 0 saturated heterocycles. The number of ketones is 4. The second-order valence-corrected chi connectivity index (χ2v) is 14.6. The molecule has 20 heteroatoms. The molecule has 3 amide bonds. The predicted molar refractivity (Wildman–Crippen MR) is 228 cm³/mol. The molecule has 1 unspecified atom stereocenters. The van der Waals surface area contributed by atoms with Gasteiger partial charge in [0.1, 0.15) is 23.4 Å². The standard InChI is InChI=1S/C11H13N3O.C6H12N2O2.C6H11NO3.C6H13NOS.C5H12N2O.C4H9NO/c12-9(11(13)15)5-7-6-14-10-4-2-1-3-8(7)10;1-4(9)5(7)2-3-6(8)10;1-4(8)5(7)2-3-6(9)10;1-5(8)6(7)3-4-9-2;1-3(2)4(6)5(7)8;1-3(5)4(2)6/h1-4,6,9,14H,5,12H2,(H2,13,15);5H,2-3,7H2,1H3,(H2,8,10);5H,2-3,7H2,1H3,(H,9,10);6H,3-4,7H2,1-2H3;3-4H,6H2,1-2H3,(H2,7,8);3H,5H2,1-2H3/p+1/t9-;2*5-;;4-;3-/m000.00/s1. The van der Waals surface area contributed by atoms with Crippen LogP contribution in [0.4, 0.5) is 0 Å². The molecule has 0 fully saturated rings. The average molecular weight is 844 g/mol. The summed E-state index contributed by atoms with van der Waals surface area (Å²) >= 11 is 1.72. The van der Waals surface area contributed by atoms with Crippen molar-refractivity contribution in [2.45, 2.75) is 123 Å². The van der Waals surface area contributed by atoms with Crippen LogP contribution in [-0.4, -0.2) is 105 Å². The second-order valence-electron chi connectivity index (χ2n) is 13.6. The number of thioether (sulfide) groups is 1. The first kappa shape index (κ1) is 60.1. The Hall–Kier alpha value is -4.57. The number of carbonyl (C=O) groups is 8. The molecule has 1 aromatic heterocycles. The summed E-state index contributed by atoms with van der Waals surface area (Å²) in [5.41, 5.74) is 47.1. The number of amides is 3. The molecule has 0 aliphatic heterocycles. The Morgan fingerprint density at radius 2 is 1.19 bits per heavy atom. The van der Waals surface area contributed by atoms with E-state index in [1.165, 1.54) is 27.7 Å². The average Bonchev–Trinajstić information content (AvgIpc) is 3.54. The minimum atomic E-state index is -0.880. The fourth-order valence-electron chi connectivity index (χ4n) is 3.42. The molecule has 1 aromatic carbocycles. The molecular weight excluding hydrogens is 773 g/mol. The molecule has 2 rings (SSSR count). The van der Waals surface area contributed by atoms with E-state index in [9.17, 15) is 38.4 Å². The van der Waals surface area contributed by atoms with E-state index in [1.54, 1.807) is 18.7 Å². The number of quaternary nitrogens is 1. The van der Waals surface area contributed by atoms with E-state index < -0.39 is 41.8 Å². The van der Waals surface area contributed by atoms with Crippen LogP contribution in [0.5, 0.6) is 0 Å². The van der Waals surface area contributed by atoms with Gasteiger partial charge in [-0.25, -0.2) is 0 Å². The first-order chi connectivity index (χ1) is 26.6. The van der Waals surface area contributed by atoms with Gasteiger partial charge >= 0.3 is 5.97 Å². The summed E-state index contributed by atoms with van der Waals surface area (Å²) in [5, 5.41) is 9.30. The lowest BCUT2D eigenvalue weighted by Gasteiger charge is -2.09. The summed E-state index contributed by atoms with van der Waals surface area (Å²) in [6.07, 6.45) is 6.04. The number of carboxylic acids is 1. The summed E-state index contributed by atoms with van der Waals surface area (Å²) in [6.45, 7) is 11.2. The van der Waals surface area contributed by atoms with E-state index in [0.717, 1.165) is 28.6 Å². The first-order valence-electron chi connectivity index (χ1n) is 18.4. The number of hydrogen-bond donors (Lipinski definition) is 11. The van der Waals surface area contributed by atoms with Gasteiger partial charge in [-0.15, -0.1) is 0 Å². The van der Waals surface area contributed by atoms with Crippen LogP contribution in [0.2, 0.25) is 0 Å². The summed E-state index contributed by atoms with van der Waals surface area (Å²) in [6, 6.07) is 5.35. The number of Topliss-reactive ketones (excluding diaryl/α,β-unsaturated/α-hetero) is 4. The van der Waals surface area contributed by atoms with Gasteiger partial charge in [0.25, 0.3) is 0 Å². The topological polar surface area (TPSA) is 408 Å². The number of nitrogens with one attached hydrogen (secondary N) is 1. The largest absolute Gasteiger partial charge is 0.481 e. The molecule has 0 aliphatic carbocycles. The molecule has 0 saturated carbocycles. The molecule has 19 nitrogen and oxygen atoms in total. The van der Waals surface area contributed by atoms with E-state index in [2.05, 4.69) is 10.7 Å². The lowest BCUT2D eigenvalue weighted by molar-refractivity contribution is -0.404. The quantitative estimate of drug-likeness (QED) is 0.0837.